The minimum atomic E-state index is -0.211. The highest BCUT2D eigenvalue weighted by atomic mass is 16.5. The van der Waals surface area contributed by atoms with Gasteiger partial charge < -0.3 is 9.22 Å². The van der Waals surface area contributed by atoms with Crippen LogP contribution in [0, 0.1) is 0 Å². The smallest absolute Gasteiger partial charge is 0.338 e. The fourth-order valence-corrected chi connectivity index (χ4v) is 3.99. The van der Waals surface area contributed by atoms with Gasteiger partial charge in [0.15, 0.2) is 0 Å². The van der Waals surface area contributed by atoms with Gasteiger partial charge in [0.2, 0.25) is 0 Å². The molecule has 0 spiro atoms. The van der Waals surface area contributed by atoms with Gasteiger partial charge in [-0.15, -0.1) is 0 Å². The topological polar surface area (TPSA) is 26.3 Å². The summed E-state index contributed by atoms with van der Waals surface area (Å²) in [7, 11) is 4.55. The van der Waals surface area contributed by atoms with E-state index in [9.17, 15) is 4.79 Å². The van der Waals surface area contributed by atoms with Crippen molar-refractivity contribution in [2.45, 2.75) is 77.4 Å². The van der Waals surface area contributed by atoms with Crippen LogP contribution in [0.3, 0.4) is 0 Å². The average molecular weight is 347 g/mol. The Morgan fingerprint density at radius 1 is 1.12 bits per heavy atom. The van der Waals surface area contributed by atoms with Crippen LogP contribution in [-0.4, -0.2) is 43.2 Å². The number of carbonyl (C=O) groups is 1. The Labute approximate surface area is 154 Å². The molecule has 1 aliphatic carbocycles. The summed E-state index contributed by atoms with van der Waals surface area (Å²) in [4.78, 5) is 12.4. The van der Waals surface area contributed by atoms with Gasteiger partial charge in [-0.3, -0.25) is 0 Å². The van der Waals surface area contributed by atoms with Crippen molar-refractivity contribution in [3.63, 3.8) is 0 Å². The summed E-state index contributed by atoms with van der Waals surface area (Å²) in [5.41, 5.74) is 1.96. The lowest BCUT2D eigenvalue weighted by molar-refractivity contribution is -0.918. The van der Waals surface area contributed by atoms with E-state index in [0.29, 0.717) is 11.6 Å². The monoisotopic (exact) mass is 346 g/mol. The molecule has 0 bridgehead atoms. The molecule has 1 saturated carbocycles. The van der Waals surface area contributed by atoms with Gasteiger partial charge in [-0.1, -0.05) is 39.3 Å². The van der Waals surface area contributed by atoms with Gasteiger partial charge in [0, 0.05) is 0 Å². The minimum Gasteiger partial charge on any atom is -0.453 e. The number of likely N-dealkylation sites (N-methyl/N-ethyl adjacent to an activating group) is 1. The zero-order chi connectivity index (χ0) is 18.7. The second-order valence-corrected chi connectivity index (χ2v) is 9.30. The molecule has 0 radical (unpaired) electrons. The van der Waals surface area contributed by atoms with Crippen LogP contribution in [0.25, 0.3) is 0 Å². The first kappa shape index (κ1) is 20.0. The van der Waals surface area contributed by atoms with E-state index in [-0.39, 0.29) is 17.5 Å². The van der Waals surface area contributed by atoms with E-state index in [0.717, 1.165) is 11.0 Å². The molecule has 1 aliphatic rings. The Kier molecular flexibility index (Phi) is 6.31. The molecule has 0 amide bonds. The maximum Gasteiger partial charge on any atom is 0.338 e. The zero-order valence-corrected chi connectivity index (χ0v) is 17.0. The Morgan fingerprint density at radius 3 is 2.20 bits per heavy atom. The average Bonchev–Trinajstić information content (AvgIpc) is 2.54. The van der Waals surface area contributed by atoms with Gasteiger partial charge in [-0.25, -0.2) is 4.79 Å². The molecule has 0 unspecified atom stereocenters. The number of hydrogen-bond donors (Lipinski definition) is 0. The minimum absolute atomic E-state index is 0.0771. The molecule has 1 atom stereocenters. The molecular formula is C22H36NO2+. The van der Waals surface area contributed by atoms with Crippen LogP contribution in [0.2, 0.25) is 0 Å². The summed E-state index contributed by atoms with van der Waals surface area (Å²) in [6.45, 7) is 9.41. The third-order valence-electron chi connectivity index (χ3n) is 5.59. The van der Waals surface area contributed by atoms with Crippen LogP contribution in [0.1, 0.15) is 75.7 Å². The van der Waals surface area contributed by atoms with Crippen molar-refractivity contribution >= 4 is 5.97 Å². The number of nitrogens with zero attached hydrogens (tertiary/aromatic N) is 1. The zero-order valence-electron chi connectivity index (χ0n) is 17.0. The molecule has 1 aromatic carbocycles. The lowest BCUT2D eigenvalue weighted by Gasteiger charge is -2.41. The summed E-state index contributed by atoms with van der Waals surface area (Å²) in [5, 5.41) is 0. The second kappa shape index (κ2) is 7.90. The lowest BCUT2D eigenvalue weighted by Crippen LogP contribution is -2.53. The first-order chi connectivity index (χ1) is 11.6. The third kappa shape index (κ3) is 5.57. The predicted octanol–water partition coefficient (Wildman–Crippen LogP) is 4.94. The van der Waals surface area contributed by atoms with E-state index >= 15 is 0 Å². The van der Waals surface area contributed by atoms with E-state index in [2.05, 4.69) is 34.9 Å². The fourth-order valence-electron chi connectivity index (χ4n) is 3.99. The van der Waals surface area contributed by atoms with Crippen LogP contribution in [0.15, 0.2) is 24.3 Å². The van der Waals surface area contributed by atoms with Gasteiger partial charge in [-0.2, -0.15) is 0 Å². The molecule has 3 heteroatoms. The quantitative estimate of drug-likeness (QED) is 0.558. The molecule has 0 N–H and O–H groups in total. The van der Waals surface area contributed by atoms with Gasteiger partial charge >= 0.3 is 5.97 Å². The number of carbonyl (C=O) groups excluding carboxylic acids is 1. The molecule has 25 heavy (non-hydrogen) atoms. The Bertz CT molecular complexity index is 563. The highest BCUT2D eigenvalue weighted by Gasteiger charge is 2.32. The van der Waals surface area contributed by atoms with Crippen LogP contribution < -0.4 is 0 Å². The number of rotatable bonds is 5. The number of benzene rings is 1. The van der Waals surface area contributed by atoms with Gasteiger partial charge in [0.1, 0.15) is 12.6 Å². The van der Waals surface area contributed by atoms with Crippen molar-refractivity contribution in [2.75, 3.05) is 20.6 Å². The standard InChI is InChI=1S/C22H36NO2/c1-17(16-23(5,6)20-10-8-7-9-11-20)25-21(24)18-12-14-19(15-13-18)22(2,3)4/h12-15,17,20H,7-11,16H2,1-6H3/q+1/t17-/m1/s1. The fraction of sp³-hybridized carbons (Fsp3) is 0.682. The van der Waals surface area contributed by atoms with Crippen LogP contribution in [0.4, 0.5) is 0 Å². The SMILES string of the molecule is C[C@H](C[N+](C)(C)C1CCCCC1)OC(=O)c1ccc(C(C)(C)C)cc1. The second-order valence-electron chi connectivity index (χ2n) is 9.30. The number of esters is 1. The van der Waals surface area contributed by atoms with Crippen molar-refractivity contribution in [2.24, 2.45) is 0 Å². The van der Waals surface area contributed by atoms with E-state index in [1.807, 2.05) is 31.2 Å². The van der Waals surface area contributed by atoms with Crippen molar-refractivity contribution in [1.82, 2.24) is 0 Å². The molecule has 0 aromatic heterocycles. The Morgan fingerprint density at radius 2 is 1.68 bits per heavy atom. The van der Waals surface area contributed by atoms with Crippen LogP contribution in [-0.2, 0) is 10.2 Å². The number of ether oxygens (including phenoxy) is 1. The van der Waals surface area contributed by atoms with Crippen molar-refractivity contribution in [3.8, 4) is 0 Å². The first-order valence-electron chi connectivity index (χ1n) is 9.74. The number of quaternary nitrogens is 1. The molecule has 0 saturated heterocycles. The third-order valence-corrected chi connectivity index (χ3v) is 5.59. The Balaban J connectivity index is 1.93. The summed E-state index contributed by atoms with van der Waals surface area (Å²) >= 11 is 0. The summed E-state index contributed by atoms with van der Waals surface area (Å²) in [6.07, 6.45) is 6.54. The van der Waals surface area contributed by atoms with Gasteiger partial charge in [0.05, 0.1) is 25.7 Å². The molecular weight excluding hydrogens is 310 g/mol. The largest absolute Gasteiger partial charge is 0.453 e. The van der Waals surface area contributed by atoms with Crippen molar-refractivity contribution < 1.29 is 14.0 Å². The maximum absolute atomic E-state index is 12.4. The van der Waals surface area contributed by atoms with Gasteiger partial charge in [0.25, 0.3) is 0 Å². The lowest BCUT2D eigenvalue weighted by atomic mass is 9.87. The van der Waals surface area contributed by atoms with Crippen molar-refractivity contribution in [3.05, 3.63) is 35.4 Å². The summed E-state index contributed by atoms with van der Waals surface area (Å²) in [5.74, 6) is -0.211. The molecule has 0 heterocycles. The molecule has 140 valence electrons. The summed E-state index contributed by atoms with van der Waals surface area (Å²) < 4.78 is 6.68. The summed E-state index contributed by atoms with van der Waals surface area (Å²) in [6, 6.07) is 8.53. The Hall–Kier alpha value is -1.35. The molecule has 1 fully saturated rings. The van der Waals surface area contributed by atoms with Crippen LogP contribution >= 0.6 is 0 Å². The van der Waals surface area contributed by atoms with E-state index < -0.39 is 0 Å². The van der Waals surface area contributed by atoms with Crippen molar-refractivity contribution in [1.29, 1.82) is 0 Å². The normalized spacial score (nSPS) is 18.0. The molecule has 3 nitrogen and oxygen atoms in total. The van der Waals surface area contributed by atoms with E-state index in [1.165, 1.54) is 37.7 Å². The first-order valence-corrected chi connectivity index (χ1v) is 9.74. The van der Waals surface area contributed by atoms with E-state index in [4.69, 9.17) is 4.74 Å². The predicted molar refractivity (Wildman–Crippen MR) is 104 cm³/mol. The maximum atomic E-state index is 12.4. The molecule has 2 rings (SSSR count). The highest BCUT2D eigenvalue weighted by molar-refractivity contribution is 5.89. The van der Waals surface area contributed by atoms with Crippen LogP contribution in [0.5, 0.6) is 0 Å². The molecule has 0 aliphatic heterocycles. The molecule has 1 aromatic rings. The van der Waals surface area contributed by atoms with E-state index in [1.54, 1.807) is 0 Å². The van der Waals surface area contributed by atoms with Gasteiger partial charge in [-0.05, 0) is 55.7 Å². The number of hydrogen-bond acceptors (Lipinski definition) is 2. The highest BCUT2D eigenvalue weighted by Crippen LogP contribution is 2.26.